The summed E-state index contributed by atoms with van der Waals surface area (Å²) in [6.45, 7) is 1.61. The number of benzene rings is 2. The van der Waals surface area contributed by atoms with Gasteiger partial charge in [0.05, 0.1) is 11.5 Å². The van der Waals surface area contributed by atoms with Crippen LogP contribution in [0.3, 0.4) is 0 Å². The highest BCUT2D eigenvalue weighted by Crippen LogP contribution is 2.49. The van der Waals surface area contributed by atoms with E-state index >= 15 is 0 Å². The van der Waals surface area contributed by atoms with Crippen molar-refractivity contribution in [1.29, 1.82) is 5.26 Å². The fourth-order valence-electron chi connectivity index (χ4n) is 3.21. The van der Waals surface area contributed by atoms with Crippen molar-refractivity contribution in [3.05, 3.63) is 71.0 Å². The molecule has 0 radical (unpaired) electrons. The lowest BCUT2D eigenvalue weighted by Gasteiger charge is -2.37. The van der Waals surface area contributed by atoms with E-state index in [1.807, 2.05) is 24.3 Å². The average molecular weight is 281 g/mol. The summed E-state index contributed by atoms with van der Waals surface area (Å²) in [6.07, 6.45) is 0.951. The zero-order chi connectivity index (χ0) is 15.1. The zero-order valence-corrected chi connectivity index (χ0v) is 11.8. The third-order valence-electron chi connectivity index (χ3n) is 4.64. The zero-order valence-electron chi connectivity index (χ0n) is 11.8. The molecular formula is C18H16FNO. The molecule has 1 aliphatic rings. The van der Waals surface area contributed by atoms with Gasteiger partial charge in [-0.1, -0.05) is 36.4 Å². The molecule has 2 nitrogen and oxygen atoms in total. The second-order valence-electron chi connectivity index (χ2n) is 5.90. The summed E-state index contributed by atoms with van der Waals surface area (Å²) in [7, 11) is 0. The first-order chi connectivity index (χ1) is 9.98. The second kappa shape index (κ2) is 4.68. The fourth-order valence-corrected chi connectivity index (χ4v) is 3.21. The van der Waals surface area contributed by atoms with E-state index in [4.69, 9.17) is 0 Å². The van der Waals surface area contributed by atoms with Crippen LogP contribution in [0.15, 0.2) is 48.5 Å². The van der Waals surface area contributed by atoms with Crippen molar-refractivity contribution >= 4 is 0 Å². The van der Waals surface area contributed by atoms with Crippen molar-refractivity contribution in [3.8, 4) is 6.07 Å². The second-order valence-corrected chi connectivity index (χ2v) is 5.90. The highest BCUT2D eigenvalue weighted by molar-refractivity contribution is 5.41. The first-order valence-corrected chi connectivity index (χ1v) is 6.95. The Kier molecular flexibility index (Phi) is 3.07. The van der Waals surface area contributed by atoms with Gasteiger partial charge in [-0.2, -0.15) is 5.26 Å². The Morgan fingerprint density at radius 1 is 1.14 bits per heavy atom. The van der Waals surface area contributed by atoms with Crippen LogP contribution in [-0.4, -0.2) is 5.11 Å². The van der Waals surface area contributed by atoms with E-state index in [0.29, 0.717) is 18.4 Å². The molecule has 1 unspecified atom stereocenters. The number of rotatable bonds is 2. The third kappa shape index (κ3) is 2.03. The van der Waals surface area contributed by atoms with Gasteiger partial charge in [-0.3, -0.25) is 0 Å². The normalized spacial score (nSPS) is 18.6. The van der Waals surface area contributed by atoms with Crippen LogP contribution in [0.5, 0.6) is 0 Å². The van der Waals surface area contributed by atoms with Crippen molar-refractivity contribution in [1.82, 2.24) is 0 Å². The van der Waals surface area contributed by atoms with Crippen molar-refractivity contribution in [3.63, 3.8) is 0 Å². The van der Waals surface area contributed by atoms with Gasteiger partial charge in [0, 0.05) is 0 Å². The number of fused-ring (bicyclic) bond motifs is 1. The summed E-state index contributed by atoms with van der Waals surface area (Å²) in [5.41, 5.74) is 0.219. The van der Waals surface area contributed by atoms with Crippen molar-refractivity contribution in [2.45, 2.75) is 25.4 Å². The highest BCUT2D eigenvalue weighted by atomic mass is 19.1. The average Bonchev–Trinajstić information content (AvgIpc) is 2.87. The first kappa shape index (κ1) is 13.8. The van der Waals surface area contributed by atoms with Crippen LogP contribution in [0.4, 0.5) is 4.39 Å². The van der Waals surface area contributed by atoms with E-state index in [9.17, 15) is 14.8 Å². The van der Waals surface area contributed by atoms with E-state index in [1.165, 1.54) is 12.1 Å². The number of nitrogens with zero attached hydrogens (tertiary/aromatic N) is 1. The largest absolute Gasteiger partial charge is 0.384 e. The molecule has 0 bridgehead atoms. The third-order valence-corrected chi connectivity index (χ3v) is 4.64. The molecule has 0 amide bonds. The molecule has 0 aromatic heterocycles. The van der Waals surface area contributed by atoms with Crippen LogP contribution >= 0.6 is 0 Å². The van der Waals surface area contributed by atoms with E-state index in [1.54, 1.807) is 19.1 Å². The molecule has 0 saturated heterocycles. The SMILES string of the molecule is CC(O)(c1cccc(F)c1)C1(C#N)Cc2ccccc2C1. The van der Waals surface area contributed by atoms with E-state index in [2.05, 4.69) is 6.07 Å². The van der Waals surface area contributed by atoms with Gasteiger partial charge in [-0.05, 0) is 48.6 Å². The number of hydrogen-bond acceptors (Lipinski definition) is 2. The smallest absolute Gasteiger partial charge is 0.123 e. The topological polar surface area (TPSA) is 44.0 Å². The van der Waals surface area contributed by atoms with E-state index in [0.717, 1.165) is 11.1 Å². The first-order valence-electron chi connectivity index (χ1n) is 6.95. The Balaban J connectivity index is 2.07. The minimum atomic E-state index is -1.41. The molecule has 1 atom stereocenters. The maximum atomic E-state index is 13.5. The van der Waals surface area contributed by atoms with Crippen LogP contribution in [0.25, 0.3) is 0 Å². The molecule has 3 heteroatoms. The van der Waals surface area contributed by atoms with E-state index in [-0.39, 0.29) is 0 Å². The lowest BCUT2D eigenvalue weighted by atomic mass is 9.68. The van der Waals surface area contributed by atoms with Crippen LogP contribution in [0, 0.1) is 22.6 Å². The Morgan fingerprint density at radius 2 is 1.76 bits per heavy atom. The predicted molar refractivity (Wildman–Crippen MR) is 77.9 cm³/mol. The number of halogens is 1. The van der Waals surface area contributed by atoms with Gasteiger partial charge in [0.15, 0.2) is 0 Å². The molecule has 21 heavy (non-hydrogen) atoms. The number of nitriles is 1. The van der Waals surface area contributed by atoms with Crippen LogP contribution in [0.1, 0.15) is 23.6 Å². The standard InChI is InChI=1S/C18H16FNO/c1-17(21,15-7-4-8-16(19)9-15)18(12-20)10-13-5-2-3-6-14(13)11-18/h2-9,21H,10-11H2,1H3. The lowest BCUT2D eigenvalue weighted by molar-refractivity contribution is -0.0407. The molecule has 1 aliphatic carbocycles. The summed E-state index contributed by atoms with van der Waals surface area (Å²) >= 11 is 0. The van der Waals surface area contributed by atoms with Gasteiger partial charge in [0.2, 0.25) is 0 Å². The predicted octanol–water partition coefficient (Wildman–Crippen LogP) is 3.34. The van der Waals surface area contributed by atoms with Crippen LogP contribution in [0.2, 0.25) is 0 Å². The van der Waals surface area contributed by atoms with Crippen LogP contribution in [-0.2, 0) is 18.4 Å². The van der Waals surface area contributed by atoms with Gasteiger partial charge >= 0.3 is 0 Å². The molecule has 0 fully saturated rings. The molecule has 106 valence electrons. The quantitative estimate of drug-likeness (QED) is 0.917. The van der Waals surface area contributed by atoms with Gasteiger partial charge in [-0.15, -0.1) is 0 Å². The maximum Gasteiger partial charge on any atom is 0.123 e. The minimum Gasteiger partial charge on any atom is -0.384 e. The Hall–Kier alpha value is -2.18. The fraction of sp³-hybridized carbons (Fsp3) is 0.278. The molecule has 2 aromatic rings. The van der Waals surface area contributed by atoms with Gasteiger partial charge < -0.3 is 5.11 Å². The van der Waals surface area contributed by atoms with E-state index < -0.39 is 16.8 Å². The molecule has 1 N–H and O–H groups in total. The Labute approximate surface area is 123 Å². The van der Waals surface area contributed by atoms with Crippen molar-refractivity contribution in [2.75, 3.05) is 0 Å². The Morgan fingerprint density at radius 3 is 2.29 bits per heavy atom. The highest BCUT2D eigenvalue weighted by Gasteiger charge is 2.52. The minimum absolute atomic E-state index is 0.406. The van der Waals surface area contributed by atoms with Gasteiger partial charge in [0.1, 0.15) is 11.4 Å². The summed E-state index contributed by atoms with van der Waals surface area (Å²) in [6, 6.07) is 16.0. The molecule has 0 heterocycles. The summed E-state index contributed by atoms with van der Waals surface area (Å²) < 4.78 is 13.5. The van der Waals surface area contributed by atoms with Crippen LogP contribution < -0.4 is 0 Å². The lowest BCUT2D eigenvalue weighted by Crippen LogP contribution is -2.43. The summed E-state index contributed by atoms with van der Waals surface area (Å²) in [5.74, 6) is -0.406. The molecular weight excluding hydrogens is 265 g/mol. The maximum absolute atomic E-state index is 13.5. The monoisotopic (exact) mass is 281 g/mol. The molecule has 2 aromatic carbocycles. The molecule has 0 spiro atoms. The van der Waals surface area contributed by atoms with Crippen molar-refractivity contribution < 1.29 is 9.50 Å². The number of aliphatic hydroxyl groups is 1. The number of hydrogen-bond donors (Lipinski definition) is 1. The summed E-state index contributed by atoms with van der Waals surface area (Å²) in [5, 5.41) is 20.8. The molecule has 0 saturated carbocycles. The Bertz CT molecular complexity index is 705. The molecule has 3 rings (SSSR count). The van der Waals surface area contributed by atoms with Crippen molar-refractivity contribution in [2.24, 2.45) is 5.41 Å². The molecule has 0 aliphatic heterocycles. The van der Waals surface area contributed by atoms with Gasteiger partial charge in [0.25, 0.3) is 0 Å². The summed E-state index contributed by atoms with van der Waals surface area (Å²) in [4.78, 5) is 0. The van der Waals surface area contributed by atoms with Gasteiger partial charge in [-0.25, -0.2) is 4.39 Å².